The first kappa shape index (κ1) is 14.3. The molecule has 0 heterocycles. The Labute approximate surface area is 126 Å². The molecule has 0 atom stereocenters. The van der Waals surface area contributed by atoms with Gasteiger partial charge in [0.25, 0.3) is 0 Å². The van der Waals surface area contributed by atoms with Gasteiger partial charge < -0.3 is 10.5 Å². The Morgan fingerprint density at radius 2 is 1.95 bits per heavy atom. The van der Waals surface area contributed by atoms with E-state index in [1.54, 1.807) is 6.08 Å². The van der Waals surface area contributed by atoms with Crippen LogP contribution in [0.3, 0.4) is 0 Å². The molecule has 0 aromatic heterocycles. The molecule has 0 saturated carbocycles. The first-order valence-electron chi connectivity index (χ1n) is 6.08. The Morgan fingerprint density at radius 1 is 1.20 bits per heavy atom. The number of hydrogen-bond donors (Lipinski definition) is 1. The maximum absolute atomic E-state index is 10.6. The molecule has 2 aromatic rings. The lowest BCUT2D eigenvalue weighted by Gasteiger charge is -2.06. The molecule has 2 N–H and O–H groups in total. The number of rotatable bonds is 5. The minimum Gasteiger partial charge on any atom is -0.489 e. The van der Waals surface area contributed by atoms with Gasteiger partial charge in [0.2, 0.25) is 5.91 Å². The topological polar surface area (TPSA) is 52.3 Å². The Bertz CT molecular complexity index is 621. The number of carbonyl (C=O) groups is 1. The van der Waals surface area contributed by atoms with Gasteiger partial charge in [-0.25, -0.2) is 0 Å². The normalized spacial score (nSPS) is 10.7. The van der Waals surface area contributed by atoms with Crippen LogP contribution < -0.4 is 10.5 Å². The Morgan fingerprint density at radius 3 is 2.60 bits per heavy atom. The van der Waals surface area contributed by atoms with Gasteiger partial charge in [0, 0.05) is 10.5 Å². The molecule has 0 fully saturated rings. The fourth-order valence-electron chi connectivity index (χ4n) is 1.65. The lowest BCUT2D eigenvalue weighted by molar-refractivity contribution is -0.113. The SMILES string of the molecule is NC(=O)/C=C/c1ccc(OCc2cccc(Br)c2)cc1. The standard InChI is InChI=1S/C16H14BrNO2/c17-14-3-1-2-13(10-14)11-20-15-7-4-12(5-8-15)6-9-16(18)19/h1-10H,11H2,(H2,18,19)/b9-6+. The van der Waals surface area contributed by atoms with Crippen LogP contribution in [0.15, 0.2) is 59.1 Å². The molecule has 2 aromatic carbocycles. The van der Waals surface area contributed by atoms with Crippen LogP contribution >= 0.6 is 15.9 Å². The van der Waals surface area contributed by atoms with Crippen molar-refractivity contribution in [3.63, 3.8) is 0 Å². The molecule has 0 aliphatic heterocycles. The summed E-state index contributed by atoms with van der Waals surface area (Å²) >= 11 is 3.43. The van der Waals surface area contributed by atoms with Gasteiger partial charge >= 0.3 is 0 Å². The minimum absolute atomic E-state index is 0.458. The molecule has 1 amide bonds. The van der Waals surface area contributed by atoms with Gasteiger partial charge in [-0.1, -0.05) is 40.2 Å². The molecule has 0 bridgehead atoms. The summed E-state index contributed by atoms with van der Waals surface area (Å²) in [6, 6.07) is 15.4. The second-order valence-corrected chi connectivity index (χ2v) is 5.14. The zero-order chi connectivity index (χ0) is 14.4. The highest BCUT2D eigenvalue weighted by molar-refractivity contribution is 9.10. The van der Waals surface area contributed by atoms with E-state index in [1.807, 2.05) is 48.5 Å². The van der Waals surface area contributed by atoms with Crippen LogP contribution in [0.2, 0.25) is 0 Å². The van der Waals surface area contributed by atoms with Crippen molar-refractivity contribution in [2.45, 2.75) is 6.61 Å². The van der Waals surface area contributed by atoms with Crippen LogP contribution in [-0.4, -0.2) is 5.91 Å². The van der Waals surface area contributed by atoms with Crippen molar-refractivity contribution in [3.8, 4) is 5.75 Å². The van der Waals surface area contributed by atoms with Gasteiger partial charge in [0.15, 0.2) is 0 Å². The predicted octanol–water partition coefficient (Wildman–Crippen LogP) is 3.53. The zero-order valence-electron chi connectivity index (χ0n) is 10.8. The molecular formula is C16H14BrNO2. The summed E-state index contributed by atoms with van der Waals surface area (Å²) in [5.41, 5.74) is 7.04. The lowest BCUT2D eigenvalue weighted by Crippen LogP contribution is -2.05. The van der Waals surface area contributed by atoms with Crippen molar-refractivity contribution in [2.24, 2.45) is 5.73 Å². The van der Waals surface area contributed by atoms with Gasteiger partial charge in [-0.2, -0.15) is 0 Å². The van der Waals surface area contributed by atoms with Crippen LogP contribution in [0.4, 0.5) is 0 Å². The zero-order valence-corrected chi connectivity index (χ0v) is 12.3. The molecule has 0 aliphatic rings. The second-order valence-electron chi connectivity index (χ2n) is 4.22. The fourth-order valence-corrected chi connectivity index (χ4v) is 2.09. The Hall–Kier alpha value is -2.07. The molecule has 0 aliphatic carbocycles. The number of ether oxygens (including phenoxy) is 1. The lowest BCUT2D eigenvalue weighted by atomic mass is 10.2. The van der Waals surface area contributed by atoms with E-state index in [0.717, 1.165) is 21.3 Å². The highest BCUT2D eigenvalue weighted by atomic mass is 79.9. The van der Waals surface area contributed by atoms with E-state index in [4.69, 9.17) is 10.5 Å². The van der Waals surface area contributed by atoms with Gasteiger partial charge in [-0.05, 0) is 41.5 Å². The fraction of sp³-hybridized carbons (Fsp3) is 0.0625. The highest BCUT2D eigenvalue weighted by Gasteiger charge is 1.97. The molecule has 0 unspecified atom stereocenters. The van der Waals surface area contributed by atoms with Crippen molar-refractivity contribution >= 4 is 27.9 Å². The van der Waals surface area contributed by atoms with E-state index in [2.05, 4.69) is 15.9 Å². The number of carbonyl (C=O) groups excluding carboxylic acids is 1. The summed E-state index contributed by atoms with van der Waals surface area (Å²) in [4.78, 5) is 10.6. The number of halogens is 1. The van der Waals surface area contributed by atoms with Gasteiger partial charge in [-0.15, -0.1) is 0 Å². The molecule has 0 spiro atoms. The van der Waals surface area contributed by atoms with Crippen molar-refractivity contribution < 1.29 is 9.53 Å². The summed E-state index contributed by atoms with van der Waals surface area (Å²) in [5, 5.41) is 0. The summed E-state index contributed by atoms with van der Waals surface area (Å²) in [7, 11) is 0. The molecule has 3 nitrogen and oxygen atoms in total. The van der Waals surface area contributed by atoms with Crippen molar-refractivity contribution in [2.75, 3.05) is 0 Å². The predicted molar refractivity (Wildman–Crippen MR) is 83.1 cm³/mol. The summed E-state index contributed by atoms with van der Waals surface area (Å²) in [6.07, 6.45) is 3.00. The largest absolute Gasteiger partial charge is 0.489 e. The van der Waals surface area contributed by atoms with Crippen LogP contribution in [-0.2, 0) is 11.4 Å². The van der Waals surface area contributed by atoms with Crippen LogP contribution in [0.1, 0.15) is 11.1 Å². The number of benzene rings is 2. The van der Waals surface area contributed by atoms with Crippen LogP contribution in [0, 0.1) is 0 Å². The van der Waals surface area contributed by atoms with E-state index in [9.17, 15) is 4.79 Å². The number of amides is 1. The van der Waals surface area contributed by atoms with Gasteiger partial charge in [-0.3, -0.25) is 4.79 Å². The van der Waals surface area contributed by atoms with E-state index in [1.165, 1.54) is 6.08 Å². The van der Waals surface area contributed by atoms with Crippen molar-refractivity contribution in [3.05, 3.63) is 70.2 Å². The van der Waals surface area contributed by atoms with Gasteiger partial charge in [0.1, 0.15) is 12.4 Å². The van der Waals surface area contributed by atoms with Crippen LogP contribution in [0.5, 0.6) is 5.75 Å². The average molecular weight is 332 g/mol. The second kappa shape index (κ2) is 6.91. The van der Waals surface area contributed by atoms with Gasteiger partial charge in [0.05, 0.1) is 0 Å². The maximum atomic E-state index is 10.6. The molecule has 102 valence electrons. The summed E-state index contributed by atoms with van der Waals surface area (Å²) < 4.78 is 6.72. The number of nitrogens with two attached hydrogens (primary N) is 1. The quantitative estimate of drug-likeness (QED) is 0.852. The Kier molecular flexibility index (Phi) is 4.96. The Balaban J connectivity index is 1.95. The molecule has 0 radical (unpaired) electrons. The molecule has 2 rings (SSSR count). The third kappa shape index (κ3) is 4.55. The van der Waals surface area contributed by atoms with Crippen molar-refractivity contribution in [1.82, 2.24) is 0 Å². The molecular weight excluding hydrogens is 318 g/mol. The molecule has 20 heavy (non-hydrogen) atoms. The van der Waals surface area contributed by atoms with Crippen molar-refractivity contribution in [1.29, 1.82) is 0 Å². The smallest absolute Gasteiger partial charge is 0.241 e. The van der Waals surface area contributed by atoms with E-state index in [0.29, 0.717) is 6.61 Å². The molecule has 4 heteroatoms. The average Bonchev–Trinajstić information content (AvgIpc) is 2.44. The third-order valence-corrected chi connectivity index (χ3v) is 3.11. The number of primary amides is 1. The van der Waals surface area contributed by atoms with E-state index in [-0.39, 0.29) is 0 Å². The number of hydrogen-bond acceptors (Lipinski definition) is 2. The van der Waals surface area contributed by atoms with Crippen LogP contribution in [0.25, 0.3) is 6.08 Å². The summed E-state index contributed by atoms with van der Waals surface area (Å²) in [5.74, 6) is 0.321. The molecule has 0 saturated heterocycles. The van der Waals surface area contributed by atoms with E-state index < -0.39 is 5.91 Å². The summed E-state index contributed by atoms with van der Waals surface area (Å²) in [6.45, 7) is 0.510. The first-order valence-corrected chi connectivity index (χ1v) is 6.87. The first-order chi connectivity index (χ1) is 9.63. The minimum atomic E-state index is -0.458. The third-order valence-electron chi connectivity index (χ3n) is 2.61. The van der Waals surface area contributed by atoms with E-state index >= 15 is 0 Å². The maximum Gasteiger partial charge on any atom is 0.241 e. The monoisotopic (exact) mass is 331 g/mol. The highest BCUT2D eigenvalue weighted by Crippen LogP contribution is 2.17.